The first-order valence-electron chi connectivity index (χ1n) is 10.9. The number of hydrogen-bond acceptors (Lipinski definition) is 4. The number of ether oxygens (including phenoxy) is 1. The smallest absolute Gasteiger partial charge is 0.251 e. The van der Waals surface area contributed by atoms with Gasteiger partial charge in [0.1, 0.15) is 11.8 Å². The highest BCUT2D eigenvalue weighted by molar-refractivity contribution is 5.95. The average molecular weight is 438 g/mol. The molecule has 2 aromatic rings. The summed E-state index contributed by atoms with van der Waals surface area (Å²) in [4.78, 5) is 37.6. The van der Waals surface area contributed by atoms with Gasteiger partial charge < -0.3 is 20.7 Å². The summed E-state index contributed by atoms with van der Waals surface area (Å²) >= 11 is 0. The number of benzene rings is 2. The summed E-state index contributed by atoms with van der Waals surface area (Å²) < 4.78 is 5.75. The number of nitrogens with one attached hydrogen (secondary N) is 3. The Bertz CT molecular complexity index is 925. The van der Waals surface area contributed by atoms with Gasteiger partial charge in [-0.2, -0.15) is 0 Å². The molecule has 0 saturated carbocycles. The van der Waals surface area contributed by atoms with Crippen molar-refractivity contribution < 1.29 is 19.1 Å². The van der Waals surface area contributed by atoms with Crippen LogP contribution >= 0.6 is 0 Å². The molecule has 1 aliphatic rings. The average Bonchev–Trinajstić information content (AvgIpc) is 2.76. The molecule has 7 heteroatoms. The summed E-state index contributed by atoms with van der Waals surface area (Å²) in [5, 5.41) is 8.25. The second kappa shape index (κ2) is 10.3. The fourth-order valence-corrected chi connectivity index (χ4v) is 3.48. The van der Waals surface area contributed by atoms with E-state index >= 15 is 0 Å². The van der Waals surface area contributed by atoms with E-state index in [0.29, 0.717) is 18.6 Å². The fourth-order valence-electron chi connectivity index (χ4n) is 3.48. The van der Waals surface area contributed by atoms with Crippen LogP contribution in [0.25, 0.3) is 0 Å². The minimum absolute atomic E-state index is 0.198. The first-order valence-corrected chi connectivity index (χ1v) is 10.9. The molecule has 1 heterocycles. The number of carbonyl (C=O) groups is 3. The fraction of sp³-hybridized carbons (Fsp3) is 0.400. The molecule has 0 aliphatic carbocycles. The molecule has 0 spiro atoms. The van der Waals surface area contributed by atoms with Gasteiger partial charge in [-0.1, -0.05) is 69.3 Å². The molecule has 3 rings (SSSR count). The van der Waals surface area contributed by atoms with E-state index in [1.54, 1.807) is 12.1 Å². The molecule has 2 aromatic carbocycles. The second-order valence-corrected chi connectivity index (χ2v) is 9.22. The van der Waals surface area contributed by atoms with Gasteiger partial charge in [-0.15, -0.1) is 0 Å². The van der Waals surface area contributed by atoms with Crippen molar-refractivity contribution >= 4 is 17.7 Å². The SMILES string of the molecule is CC(C)(C)C[C@H](NC(=O)CCc1ccccc1)C(=O)N[C@@H]1C(=O)N[C@H]1Oc1ccccc1. The predicted octanol–water partition coefficient (Wildman–Crippen LogP) is 2.56. The van der Waals surface area contributed by atoms with Crippen LogP contribution in [0.4, 0.5) is 0 Å². The Balaban J connectivity index is 1.59. The molecule has 1 saturated heterocycles. The minimum atomic E-state index is -0.814. The highest BCUT2D eigenvalue weighted by Gasteiger charge is 2.43. The van der Waals surface area contributed by atoms with Crippen LogP contribution in [0.15, 0.2) is 60.7 Å². The third kappa shape index (κ3) is 6.83. The van der Waals surface area contributed by atoms with Crippen LogP contribution in [0.5, 0.6) is 5.75 Å². The summed E-state index contributed by atoms with van der Waals surface area (Å²) in [5.74, 6) is -0.315. The van der Waals surface area contributed by atoms with E-state index in [9.17, 15) is 14.4 Å². The highest BCUT2D eigenvalue weighted by Crippen LogP contribution is 2.22. The number of hydrogen-bond donors (Lipinski definition) is 3. The maximum Gasteiger partial charge on any atom is 0.251 e. The molecule has 0 unspecified atom stereocenters. The first-order chi connectivity index (χ1) is 15.2. The molecular formula is C25H31N3O4. The predicted molar refractivity (Wildman–Crippen MR) is 122 cm³/mol. The van der Waals surface area contributed by atoms with E-state index < -0.39 is 24.2 Å². The zero-order valence-electron chi connectivity index (χ0n) is 18.8. The molecule has 0 bridgehead atoms. The third-order valence-electron chi connectivity index (χ3n) is 5.13. The van der Waals surface area contributed by atoms with Crippen molar-refractivity contribution in [3.63, 3.8) is 0 Å². The Morgan fingerprint density at radius 2 is 1.66 bits per heavy atom. The zero-order chi connectivity index (χ0) is 23.1. The van der Waals surface area contributed by atoms with Crippen molar-refractivity contribution in [1.82, 2.24) is 16.0 Å². The number of rotatable bonds is 9. The third-order valence-corrected chi connectivity index (χ3v) is 5.13. The van der Waals surface area contributed by atoms with E-state index in [4.69, 9.17) is 4.74 Å². The normalized spacial score (nSPS) is 18.7. The van der Waals surface area contributed by atoms with Crippen molar-refractivity contribution in [3.05, 3.63) is 66.2 Å². The minimum Gasteiger partial charge on any atom is -0.468 e. The number of amides is 3. The van der Waals surface area contributed by atoms with Gasteiger partial charge in [0.2, 0.25) is 18.0 Å². The number of para-hydroxylation sites is 1. The van der Waals surface area contributed by atoms with E-state index in [-0.39, 0.29) is 23.7 Å². The number of β-lactam (4-membered cyclic amide) rings is 1. The van der Waals surface area contributed by atoms with Gasteiger partial charge in [-0.25, -0.2) is 0 Å². The van der Waals surface area contributed by atoms with Gasteiger partial charge in [-0.3, -0.25) is 14.4 Å². The lowest BCUT2D eigenvalue weighted by atomic mass is 9.87. The van der Waals surface area contributed by atoms with E-state index in [0.717, 1.165) is 5.56 Å². The lowest BCUT2D eigenvalue weighted by Gasteiger charge is -2.37. The lowest BCUT2D eigenvalue weighted by Crippen LogP contribution is -2.72. The van der Waals surface area contributed by atoms with Crippen LogP contribution in [-0.2, 0) is 20.8 Å². The standard InChI is InChI=1S/C25H31N3O4/c1-25(2,3)16-19(26-20(29)15-14-17-10-6-4-7-11-17)22(30)27-21-23(31)28-24(21)32-18-12-8-5-9-13-18/h4-13,19,21,24H,14-16H2,1-3H3,(H,26,29)(H,27,30)(H,28,31)/t19-,21+,24-/m0/s1. The number of carbonyl (C=O) groups excluding carboxylic acids is 3. The maximum atomic E-state index is 13.0. The Labute approximate surface area is 188 Å². The molecule has 1 fully saturated rings. The van der Waals surface area contributed by atoms with Crippen molar-refractivity contribution in [2.75, 3.05) is 0 Å². The van der Waals surface area contributed by atoms with Gasteiger partial charge in [-0.05, 0) is 36.0 Å². The molecule has 32 heavy (non-hydrogen) atoms. The Morgan fingerprint density at radius 3 is 2.25 bits per heavy atom. The Hall–Kier alpha value is -3.35. The van der Waals surface area contributed by atoms with Gasteiger partial charge in [0.05, 0.1) is 0 Å². The van der Waals surface area contributed by atoms with Crippen LogP contribution in [0, 0.1) is 5.41 Å². The van der Waals surface area contributed by atoms with Crippen molar-refractivity contribution in [2.45, 2.75) is 58.3 Å². The molecule has 7 nitrogen and oxygen atoms in total. The van der Waals surface area contributed by atoms with Crippen molar-refractivity contribution in [2.24, 2.45) is 5.41 Å². The van der Waals surface area contributed by atoms with Gasteiger partial charge in [0, 0.05) is 6.42 Å². The summed E-state index contributed by atoms with van der Waals surface area (Å²) in [5.41, 5.74) is 0.864. The Kier molecular flexibility index (Phi) is 7.51. The molecule has 0 radical (unpaired) electrons. The summed E-state index contributed by atoms with van der Waals surface area (Å²) in [6.45, 7) is 6.00. The monoisotopic (exact) mass is 437 g/mol. The zero-order valence-corrected chi connectivity index (χ0v) is 18.8. The first kappa shape index (κ1) is 23.3. The lowest BCUT2D eigenvalue weighted by molar-refractivity contribution is -0.144. The second-order valence-electron chi connectivity index (χ2n) is 9.22. The van der Waals surface area contributed by atoms with E-state index in [1.807, 2.05) is 69.3 Å². The molecule has 3 atom stereocenters. The molecule has 1 aliphatic heterocycles. The van der Waals surface area contributed by atoms with Crippen LogP contribution in [0.2, 0.25) is 0 Å². The van der Waals surface area contributed by atoms with Crippen LogP contribution in [0.3, 0.4) is 0 Å². The van der Waals surface area contributed by atoms with Gasteiger partial charge in [0.25, 0.3) is 5.91 Å². The molecular weight excluding hydrogens is 406 g/mol. The Morgan fingerprint density at radius 1 is 1.03 bits per heavy atom. The van der Waals surface area contributed by atoms with E-state index in [1.165, 1.54) is 0 Å². The quantitative estimate of drug-likeness (QED) is 0.526. The largest absolute Gasteiger partial charge is 0.468 e. The molecule has 3 N–H and O–H groups in total. The van der Waals surface area contributed by atoms with E-state index in [2.05, 4.69) is 16.0 Å². The van der Waals surface area contributed by atoms with Gasteiger partial charge >= 0.3 is 0 Å². The molecule has 170 valence electrons. The maximum absolute atomic E-state index is 13.0. The highest BCUT2D eigenvalue weighted by atomic mass is 16.5. The summed E-state index contributed by atoms with van der Waals surface area (Å²) in [7, 11) is 0. The van der Waals surface area contributed by atoms with Crippen LogP contribution < -0.4 is 20.7 Å². The van der Waals surface area contributed by atoms with Crippen molar-refractivity contribution in [3.8, 4) is 5.75 Å². The summed E-state index contributed by atoms with van der Waals surface area (Å²) in [6, 6.07) is 17.2. The summed E-state index contributed by atoms with van der Waals surface area (Å²) in [6.07, 6.45) is 0.655. The van der Waals surface area contributed by atoms with Crippen LogP contribution in [-0.4, -0.2) is 36.0 Å². The topological polar surface area (TPSA) is 96.5 Å². The van der Waals surface area contributed by atoms with Crippen molar-refractivity contribution in [1.29, 1.82) is 0 Å². The molecule has 0 aromatic heterocycles. The molecule has 3 amide bonds. The number of aryl methyl sites for hydroxylation is 1. The van der Waals surface area contributed by atoms with Crippen LogP contribution in [0.1, 0.15) is 39.2 Å². The van der Waals surface area contributed by atoms with Gasteiger partial charge in [0.15, 0.2) is 6.04 Å².